The lowest BCUT2D eigenvalue weighted by atomic mass is 9.99. The molecule has 0 unspecified atom stereocenters. The zero-order chi connectivity index (χ0) is 22.2. The minimum Gasteiger partial charge on any atom is -0.508 e. The lowest BCUT2D eigenvalue weighted by Gasteiger charge is -2.19. The highest BCUT2D eigenvalue weighted by molar-refractivity contribution is 5.97. The number of esters is 1. The Morgan fingerprint density at radius 1 is 1.06 bits per heavy atom. The topological polar surface area (TPSA) is 83.8 Å². The van der Waals surface area contributed by atoms with E-state index in [-0.39, 0.29) is 29.3 Å². The lowest BCUT2D eigenvalue weighted by molar-refractivity contribution is -0.116. The molecule has 3 rings (SSSR count). The molecule has 2 aromatic carbocycles. The molecule has 0 aromatic heterocycles. The van der Waals surface area contributed by atoms with Crippen molar-refractivity contribution in [2.24, 2.45) is 0 Å². The SMILES string of the molecule is CC(=O)CC1=C\c2cc(O)cc(O)c2C(=O)O[C@H](c2ccccc2)C/C=C/CC\C=C\1. The number of carbonyl (C=O) groups is 2. The molecule has 2 aromatic rings. The second-order valence-electron chi connectivity index (χ2n) is 7.52. The highest BCUT2D eigenvalue weighted by Crippen LogP contribution is 2.32. The predicted octanol–water partition coefficient (Wildman–Crippen LogP) is 5.65. The summed E-state index contributed by atoms with van der Waals surface area (Å²) in [5.41, 5.74) is 1.77. The Labute approximate surface area is 182 Å². The Morgan fingerprint density at radius 3 is 2.55 bits per heavy atom. The molecule has 2 N–H and O–H groups in total. The summed E-state index contributed by atoms with van der Waals surface area (Å²) in [7, 11) is 0. The van der Waals surface area contributed by atoms with E-state index in [2.05, 4.69) is 0 Å². The van der Waals surface area contributed by atoms with E-state index in [4.69, 9.17) is 4.74 Å². The Hall–Kier alpha value is -3.60. The number of cyclic esters (lactones) is 1. The van der Waals surface area contributed by atoms with Crippen LogP contribution in [0, 0.1) is 0 Å². The summed E-state index contributed by atoms with van der Waals surface area (Å²) < 4.78 is 5.80. The fourth-order valence-corrected chi connectivity index (χ4v) is 3.49. The van der Waals surface area contributed by atoms with Gasteiger partial charge in [0.25, 0.3) is 0 Å². The molecule has 1 atom stereocenters. The number of carbonyl (C=O) groups excluding carboxylic acids is 2. The number of hydrogen-bond acceptors (Lipinski definition) is 5. The van der Waals surface area contributed by atoms with Gasteiger partial charge in [0.2, 0.25) is 0 Å². The van der Waals surface area contributed by atoms with Crippen LogP contribution in [0.15, 0.2) is 72.3 Å². The quantitative estimate of drug-likeness (QED) is 0.497. The molecule has 5 nitrogen and oxygen atoms in total. The molecular weight excluding hydrogens is 392 g/mol. The first-order valence-electron chi connectivity index (χ1n) is 10.3. The molecule has 0 spiro atoms. The van der Waals surface area contributed by atoms with Gasteiger partial charge < -0.3 is 14.9 Å². The highest BCUT2D eigenvalue weighted by Gasteiger charge is 2.23. The summed E-state index contributed by atoms with van der Waals surface area (Å²) in [4.78, 5) is 24.8. The van der Waals surface area contributed by atoms with E-state index < -0.39 is 12.1 Å². The maximum absolute atomic E-state index is 13.1. The first-order chi connectivity index (χ1) is 14.9. The Morgan fingerprint density at radius 2 is 1.81 bits per heavy atom. The van der Waals surface area contributed by atoms with Crippen LogP contribution in [0.4, 0.5) is 0 Å². The van der Waals surface area contributed by atoms with Gasteiger partial charge >= 0.3 is 5.97 Å². The summed E-state index contributed by atoms with van der Waals surface area (Å²) >= 11 is 0. The monoisotopic (exact) mass is 418 g/mol. The number of ketones is 1. The molecule has 0 radical (unpaired) electrons. The van der Waals surface area contributed by atoms with Gasteiger partial charge in [-0.3, -0.25) is 4.79 Å². The third kappa shape index (κ3) is 6.19. The van der Waals surface area contributed by atoms with Crippen LogP contribution in [-0.2, 0) is 9.53 Å². The summed E-state index contributed by atoms with van der Waals surface area (Å²) in [5, 5.41) is 20.4. The smallest absolute Gasteiger partial charge is 0.343 e. The van der Waals surface area contributed by atoms with Crippen LogP contribution in [0.3, 0.4) is 0 Å². The highest BCUT2D eigenvalue weighted by atomic mass is 16.5. The third-order valence-electron chi connectivity index (χ3n) is 4.90. The number of ether oxygens (including phenoxy) is 1. The molecule has 1 aliphatic heterocycles. The van der Waals surface area contributed by atoms with Gasteiger partial charge in [0, 0.05) is 18.9 Å². The van der Waals surface area contributed by atoms with E-state index in [0.29, 0.717) is 17.6 Å². The minimum atomic E-state index is -0.700. The molecule has 0 fully saturated rings. The summed E-state index contributed by atoms with van der Waals surface area (Å²) in [6.45, 7) is 1.49. The van der Waals surface area contributed by atoms with Crippen molar-refractivity contribution in [3.63, 3.8) is 0 Å². The molecule has 0 amide bonds. The maximum Gasteiger partial charge on any atom is 0.343 e. The fraction of sp³-hybridized carbons (Fsp3) is 0.231. The molecule has 0 saturated carbocycles. The first kappa shape index (κ1) is 22.1. The van der Waals surface area contributed by atoms with Crippen LogP contribution in [0.1, 0.15) is 60.2 Å². The first-order valence-corrected chi connectivity index (χ1v) is 10.3. The van der Waals surface area contributed by atoms with Crippen molar-refractivity contribution in [3.8, 4) is 11.5 Å². The van der Waals surface area contributed by atoms with Crippen LogP contribution in [-0.4, -0.2) is 22.0 Å². The number of hydrogen-bond donors (Lipinski definition) is 2. The van der Waals surface area contributed by atoms with Gasteiger partial charge in [-0.15, -0.1) is 0 Å². The van der Waals surface area contributed by atoms with Crippen molar-refractivity contribution >= 4 is 17.8 Å². The van der Waals surface area contributed by atoms with Crippen molar-refractivity contribution in [3.05, 3.63) is 89.0 Å². The number of phenolic OH excluding ortho intramolecular Hbond substituents is 2. The number of fused-ring (bicyclic) bond motifs is 1. The van der Waals surface area contributed by atoms with Crippen LogP contribution in [0.5, 0.6) is 11.5 Å². The zero-order valence-corrected chi connectivity index (χ0v) is 17.5. The normalized spacial score (nSPS) is 21.0. The molecule has 0 bridgehead atoms. The third-order valence-corrected chi connectivity index (χ3v) is 4.90. The van der Waals surface area contributed by atoms with E-state index >= 15 is 0 Å². The minimum absolute atomic E-state index is 0.0328. The second-order valence-corrected chi connectivity index (χ2v) is 7.52. The van der Waals surface area contributed by atoms with Crippen molar-refractivity contribution < 1.29 is 24.5 Å². The zero-order valence-electron chi connectivity index (χ0n) is 17.5. The number of aromatic hydroxyl groups is 2. The average molecular weight is 418 g/mol. The molecular formula is C26H26O5. The summed E-state index contributed by atoms with van der Waals surface area (Å²) in [6.07, 6.45) is 11.2. The molecule has 5 heteroatoms. The van der Waals surface area contributed by atoms with E-state index in [1.165, 1.54) is 13.0 Å². The largest absolute Gasteiger partial charge is 0.508 e. The number of benzene rings is 2. The molecule has 1 heterocycles. The number of rotatable bonds is 3. The van der Waals surface area contributed by atoms with Crippen LogP contribution >= 0.6 is 0 Å². The van der Waals surface area contributed by atoms with E-state index in [9.17, 15) is 19.8 Å². The van der Waals surface area contributed by atoms with Crippen molar-refractivity contribution in [1.29, 1.82) is 0 Å². The van der Waals surface area contributed by atoms with Gasteiger partial charge in [-0.25, -0.2) is 4.79 Å². The van der Waals surface area contributed by atoms with Crippen molar-refractivity contribution in [2.45, 2.75) is 38.7 Å². The molecule has 0 saturated heterocycles. The van der Waals surface area contributed by atoms with Crippen LogP contribution in [0.25, 0.3) is 6.08 Å². The predicted molar refractivity (Wildman–Crippen MR) is 120 cm³/mol. The van der Waals surface area contributed by atoms with Crippen LogP contribution < -0.4 is 0 Å². The average Bonchev–Trinajstić information content (AvgIpc) is 2.71. The van der Waals surface area contributed by atoms with Gasteiger partial charge in [-0.1, -0.05) is 60.7 Å². The summed E-state index contributed by atoms with van der Waals surface area (Å²) in [6, 6.07) is 11.9. The van der Waals surface area contributed by atoms with Gasteiger partial charge in [0.05, 0.1) is 0 Å². The van der Waals surface area contributed by atoms with Crippen LogP contribution in [0.2, 0.25) is 0 Å². The van der Waals surface area contributed by atoms with Gasteiger partial charge in [0.1, 0.15) is 28.9 Å². The Kier molecular flexibility index (Phi) is 7.44. The van der Waals surface area contributed by atoms with E-state index in [1.807, 2.05) is 54.6 Å². The van der Waals surface area contributed by atoms with Gasteiger partial charge in [-0.2, -0.15) is 0 Å². The molecule has 160 valence electrons. The van der Waals surface area contributed by atoms with E-state index in [0.717, 1.165) is 24.5 Å². The van der Waals surface area contributed by atoms with Gasteiger partial charge in [-0.05, 0) is 42.5 Å². The fourth-order valence-electron chi connectivity index (χ4n) is 3.49. The van der Waals surface area contributed by atoms with Crippen molar-refractivity contribution in [2.75, 3.05) is 0 Å². The molecule has 1 aliphatic rings. The second kappa shape index (κ2) is 10.4. The standard InChI is InChI=1S/C26H26O5/c1-18(27)14-19-10-6-3-2-4-9-13-24(20-11-7-5-8-12-20)31-26(30)25-21(15-19)16-22(28)17-23(25)29/h4-12,15-17,24,28-29H,2-3,13-14H2,1H3/b9-4+,10-6+,19-15-/t24-/m0/s1. The number of phenols is 2. The summed E-state index contributed by atoms with van der Waals surface area (Å²) in [5.74, 6) is -1.30. The maximum atomic E-state index is 13.1. The Balaban J connectivity index is 2.09. The number of Topliss-reactive ketones (excluding diaryl/α,β-unsaturated/α-hetero) is 1. The van der Waals surface area contributed by atoms with Gasteiger partial charge in [0.15, 0.2) is 0 Å². The van der Waals surface area contributed by atoms with Crippen molar-refractivity contribution in [1.82, 2.24) is 0 Å². The Bertz CT molecular complexity index is 1030. The molecule has 31 heavy (non-hydrogen) atoms. The molecule has 0 aliphatic carbocycles. The number of allylic oxidation sites excluding steroid dienone is 4. The van der Waals surface area contributed by atoms with E-state index in [1.54, 1.807) is 6.08 Å². The lowest BCUT2D eigenvalue weighted by Crippen LogP contribution is -2.13.